The van der Waals surface area contributed by atoms with Gasteiger partial charge in [-0.05, 0) is 51.3 Å². The topological polar surface area (TPSA) is 68.7 Å². The average molecular weight is 306 g/mol. The van der Waals surface area contributed by atoms with Gasteiger partial charge in [0.2, 0.25) is 0 Å². The number of carbonyl (C=O) groups is 2. The van der Waals surface area contributed by atoms with Crippen molar-refractivity contribution in [1.82, 2.24) is 9.88 Å². The Bertz CT molecular complexity index is 632. The minimum absolute atomic E-state index is 0.310. The minimum Gasteiger partial charge on any atom is -0.464 e. The van der Waals surface area contributed by atoms with Crippen LogP contribution in [0.1, 0.15) is 53.6 Å². The molecule has 0 atom stereocenters. The molecule has 2 heterocycles. The molecule has 0 fully saturated rings. The van der Waals surface area contributed by atoms with E-state index in [2.05, 4.69) is 4.98 Å². The summed E-state index contributed by atoms with van der Waals surface area (Å²) < 4.78 is 10.2. The van der Waals surface area contributed by atoms with Gasteiger partial charge in [0.25, 0.3) is 0 Å². The Labute approximate surface area is 130 Å². The molecule has 120 valence electrons. The number of hydrogen-bond donors (Lipinski definition) is 0. The summed E-state index contributed by atoms with van der Waals surface area (Å²) in [4.78, 5) is 30.0. The summed E-state index contributed by atoms with van der Waals surface area (Å²) in [6.07, 6.45) is -0.373. The summed E-state index contributed by atoms with van der Waals surface area (Å²) in [5.41, 5.74) is 3.24. The fourth-order valence-electron chi connectivity index (χ4n) is 2.43. The van der Waals surface area contributed by atoms with Gasteiger partial charge in [-0.25, -0.2) is 14.6 Å². The lowest BCUT2D eigenvalue weighted by atomic mass is 10.0. The number of methoxy groups -OCH3 is 1. The second-order valence-electron chi connectivity index (χ2n) is 6.46. The van der Waals surface area contributed by atoms with Crippen molar-refractivity contribution in [3.63, 3.8) is 0 Å². The van der Waals surface area contributed by atoms with E-state index in [1.165, 1.54) is 7.11 Å². The highest BCUT2D eigenvalue weighted by Gasteiger charge is 2.31. The Kier molecular flexibility index (Phi) is 4.13. The number of esters is 1. The quantitative estimate of drug-likeness (QED) is 0.746. The van der Waals surface area contributed by atoms with E-state index >= 15 is 0 Å². The molecule has 0 saturated heterocycles. The van der Waals surface area contributed by atoms with Crippen LogP contribution in [0, 0.1) is 13.8 Å². The first-order valence-corrected chi connectivity index (χ1v) is 7.19. The number of fused-ring (bicyclic) bond motifs is 1. The highest BCUT2D eigenvalue weighted by Crippen LogP contribution is 2.29. The Hall–Kier alpha value is -2.11. The number of rotatable bonds is 1. The zero-order valence-corrected chi connectivity index (χ0v) is 13.9. The molecule has 1 aromatic heterocycles. The van der Waals surface area contributed by atoms with Crippen molar-refractivity contribution in [3.05, 3.63) is 28.1 Å². The molecule has 0 spiro atoms. The molecule has 0 N–H and O–H groups in total. The summed E-state index contributed by atoms with van der Waals surface area (Å²) in [5.74, 6) is -0.459. The van der Waals surface area contributed by atoms with Gasteiger partial charge in [0.1, 0.15) is 5.60 Å². The van der Waals surface area contributed by atoms with E-state index in [0.29, 0.717) is 18.8 Å². The Morgan fingerprint density at radius 1 is 1.14 bits per heavy atom. The normalized spacial score (nSPS) is 13.8. The van der Waals surface area contributed by atoms with E-state index in [1.54, 1.807) is 4.90 Å². The number of nitrogens with zero attached hydrogens (tertiary/aromatic N) is 2. The maximum Gasteiger partial charge on any atom is 0.410 e. The molecule has 1 aliphatic heterocycles. The molecule has 0 saturated carbocycles. The first-order valence-electron chi connectivity index (χ1n) is 7.19. The van der Waals surface area contributed by atoms with E-state index in [-0.39, 0.29) is 6.09 Å². The first kappa shape index (κ1) is 16.3. The van der Waals surface area contributed by atoms with Crippen LogP contribution < -0.4 is 0 Å². The van der Waals surface area contributed by atoms with E-state index < -0.39 is 11.6 Å². The third-order valence-corrected chi connectivity index (χ3v) is 3.69. The number of hydrogen-bond acceptors (Lipinski definition) is 5. The van der Waals surface area contributed by atoms with E-state index in [9.17, 15) is 9.59 Å². The van der Waals surface area contributed by atoms with Crippen molar-refractivity contribution in [2.24, 2.45) is 0 Å². The van der Waals surface area contributed by atoms with Crippen LogP contribution in [-0.4, -0.2) is 34.7 Å². The molecule has 1 amide bonds. The van der Waals surface area contributed by atoms with E-state index in [1.807, 2.05) is 34.6 Å². The minimum atomic E-state index is -0.540. The smallest absolute Gasteiger partial charge is 0.410 e. The van der Waals surface area contributed by atoms with Gasteiger partial charge in [0, 0.05) is 0 Å². The van der Waals surface area contributed by atoms with E-state index in [4.69, 9.17) is 9.47 Å². The molecular weight excluding hydrogens is 284 g/mol. The summed E-state index contributed by atoms with van der Waals surface area (Å²) in [7, 11) is 1.33. The lowest BCUT2D eigenvalue weighted by molar-refractivity contribution is 0.0240. The number of carbonyl (C=O) groups excluding carboxylic acids is 2. The molecule has 6 heteroatoms. The zero-order valence-electron chi connectivity index (χ0n) is 13.9. The van der Waals surface area contributed by atoms with Crippen LogP contribution >= 0.6 is 0 Å². The average Bonchev–Trinajstić information content (AvgIpc) is 2.84. The van der Waals surface area contributed by atoms with Gasteiger partial charge in [-0.1, -0.05) is 0 Å². The summed E-state index contributed by atoms with van der Waals surface area (Å²) in [5, 5.41) is 0. The maximum absolute atomic E-state index is 12.2. The van der Waals surface area contributed by atoms with Crippen LogP contribution in [-0.2, 0) is 22.6 Å². The van der Waals surface area contributed by atoms with Gasteiger partial charge in [-0.15, -0.1) is 0 Å². The van der Waals surface area contributed by atoms with Gasteiger partial charge < -0.3 is 9.47 Å². The Morgan fingerprint density at radius 3 is 2.32 bits per heavy atom. The molecule has 0 radical (unpaired) electrons. The summed E-state index contributed by atoms with van der Waals surface area (Å²) in [6.45, 7) is 10.1. The third-order valence-electron chi connectivity index (χ3n) is 3.69. The monoisotopic (exact) mass is 306 g/mol. The number of aromatic nitrogens is 1. The molecule has 22 heavy (non-hydrogen) atoms. The second kappa shape index (κ2) is 5.59. The summed E-state index contributed by atoms with van der Waals surface area (Å²) in [6, 6.07) is 0. The highest BCUT2D eigenvalue weighted by atomic mass is 16.6. The highest BCUT2D eigenvalue weighted by molar-refractivity contribution is 5.89. The molecule has 0 aromatic carbocycles. The predicted octanol–water partition coefficient (Wildman–Crippen LogP) is 2.74. The van der Waals surface area contributed by atoms with Gasteiger partial charge in [0.15, 0.2) is 5.69 Å². The van der Waals surface area contributed by atoms with Crippen LogP contribution in [0.3, 0.4) is 0 Å². The SMILES string of the molecule is COC(=O)c1nc2c(c(C)c1C)CN(C(=O)OC(C)(C)C)C2. The molecule has 0 aliphatic carbocycles. The van der Waals surface area contributed by atoms with Crippen LogP contribution in [0.25, 0.3) is 0 Å². The number of pyridine rings is 1. The zero-order chi connectivity index (χ0) is 16.7. The van der Waals surface area contributed by atoms with E-state index in [0.717, 1.165) is 22.4 Å². The second-order valence-corrected chi connectivity index (χ2v) is 6.46. The predicted molar refractivity (Wildman–Crippen MR) is 80.5 cm³/mol. The van der Waals surface area contributed by atoms with Gasteiger partial charge >= 0.3 is 12.1 Å². The largest absolute Gasteiger partial charge is 0.464 e. The van der Waals surface area contributed by atoms with Crippen molar-refractivity contribution in [2.45, 2.75) is 53.3 Å². The fourth-order valence-corrected chi connectivity index (χ4v) is 2.43. The van der Waals surface area contributed by atoms with Gasteiger partial charge in [-0.2, -0.15) is 0 Å². The van der Waals surface area contributed by atoms with Crippen LogP contribution in [0.2, 0.25) is 0 Å². The fraction of sp³-hybridized carbons (Fsp3) is 0.562. The van der Waals surface area contributed by atoms with Gasteiger partial charge in [-0.3, -0.25) is 4.90 Å². The number of ether oxygens (including phenoxy) is 2. The van der Waals surface area contributed by atoms with Crippen molar-refractivity contribution < 1.29 is 19.1 Å². The Balaban J connectivity index is 2.30. The van der Waals surface area contributed by atoms with Crippen molar-refractivity contribution >= 4 is 12.1 Å². The molecule has 2 rings (SSSR count). The van der Waals surface area contributed by atoms with Gasteiger partial charge in [0.05, 0.1) is 25.9 Å². The standard InChI is InChI=1S/C16H22N2O4/c1-9-10(2)13(14(19)21-6)17-12-8-18(7-11(9)12)15(20)22-16(3,4)5/h7-8H2,1-6H3. The lowest BCUT2D eigenvalue weighted by Gasteiger charge is -2.24. The maximum atomic E-state index is 12.2. The molecule has 0 unspecified atom stereocenters. The number of amides is 1. The van der Waals surface area contributed by atoms with Crippen LogP contribution in [0.4, 0.5) is 4.79 Å². The van der Waals surface area contributed by atoms with Crippen LogP contribution in [0.5, 0.6) is 0 Å². The van der Waals surface area contributed by atoms with Crippen molar-refractivity contribution in [1.29, 1.82) is 0 Å². The molecule has 6 nitrogen and oxygen atoms in total. The van der Waals surface area contributed by atoms with Crippen molar-refractivity contribution in [2.75, 3.05) is 7.11 Å². The summed E-state index contributed by atoms with van der Waals surface area (Å²) >= 11 is 0. The lowest BCUT2D eigenvalue weighted by Crippen LogP contribution is -2.33. The molecule has 1 aromatic rings. The van der Waals surface area contributed by atoms with Crippen LogP contribution in [0.15, 0.2) is 0 Å². The first-order chi connectivity index (χ1) is 10.1. The molecule has 0 bridgehead atoms. The Morgan fingerprint density at radius 2 is 1.77 bits per heavy atom. The van der Waals surface area contributed by atoms with Crippen molar-refractivity contribution in [3.8, 4) is 0 Å². The molecule has 1 aliphatic rings. The third kappa shape index (κ3) is 3.05. The molecular formula is C16H22N2O4.